The SMILES string of the molecule is COC1=C(OC)C(=O)C(=C2C(C)=C(C(=O)O)NC(c3ccc4c(=O)c(OC)c5nc6c(nc5c-4[nH]3)C(=O)C=CC6=O)=C2N)C=C1. The Kier molecular flexibility index (Phi) is 6.68. The van der Waals surface area contributed by atoms with Crippen molar-refractivity contribution in [1.29, 1.82) is 0 Å². The lowest BCUT2D eigenvalue weighted by atomic mass is 9.87. The number of carboxylic acid groups (broad SMARTS) is 1. The van der Waals surface area contributed by atoms with Gasteiger partial charge in [0.25, 0.3) is 0 Å². The highest BCUT2D eigenvalue weighted by Gasteiger charge is 2.34. The zero-order valence-corrected chi connectivity index (χ0v) is 24.1. The van der Waals surface area contributed by atoms with Crippen molar-refractivity contribution in [2.45, 2.75) is 6.92 Å². The number of nitrogens with two attached hydrogens (primary N) is 1. The molecule has 226 valence electrons. The van der Waals surface area contributed by atoms with Crippen molar-refractivity contribution in [3.05, 3.63) is 103 Å². The number of nitrogens with one attached hydrogen (secondary N) is 2. The van der Waals surface area contributed by atoms with Gasteiger partial charge in [0.05, 0.1) is 49.7 Å². The molecule has 6 rings (SSSR count). The zero-order chi connectivity index (χ0) is 32.3. The molecule has 0 saturated carbocycles. The summed E-state index contributed by atoms with van der Waals surface area (Å²) in [7, 11) is 3.95. The van der Waals surface area contributed by atoms with Gasteiger partial charge in [-0.3, -0.25) is 19.2 Å². The van der Waals surface area contributed by atoms with Crippen LogP contribution in [0, 0.1) is 0 Å². The van der Waals surface area contributed by atoms with Gasteiger partial charge in [0.15, 0.2) is 11.5 Å². The van der Waals surface area contributed by atoms with E-state index in [-0.39, 0.29) is 90.5 Å². The minimum atomic E-state index is -1.32. The Hall–Kier alpha value is -6.31. The summed E-state index contributed by atoms with van der Waals surface area (Å²) < 4.78 is 15.8. The summed E-state index contributed by atoms with van der Waals surface area (Å²) in [5.41, 5.74) is 6.24. The number of ketones is 3. The number of aromatic amines is 1. The van der Waals surface area contributed by atoms with Crippen LogP contribution in [0.2, 0.25) is 0 Å². The highest BCUT2D eigenvalue weighted by Crippen LogP contribution is 2.37. The predicted molar refractivity (Wildman–Crippen MR) is 158 cm³/mol. The summed E-state index contributed by atoms with van der Waals surface area (Å²) in [4.78, 5) is 76.1. The lowest BCUT2D eigenvalue weighted by Gasteiger charge is -2.27. The molecule has 3 heterocycles. The van der Waals surface area contributed by atoms with E-state index in [2.05, 4.69) is 20.3 Å². The van der Waals surface area contributed by atoms with Crippen molar-refractivity contribution < 1.29 is 38.5 Å². The summed E-state index contributed by atoms with van der Waals surface area (Å²) in [5.74, 6) is -3.11. The van der Waals surface area contributed by atoms with Crippen molar-refractivity contribution in [1.82, 2.24) is 20.3 Å². The van der Waals surface area contributed by atoms with Crippen molar-refractivity contribution >= 4 is 40.0 Å². The average molecular weight is 610 g/mol. The van der Waals surface area contributed by atoms with Gasteiger partial charge >= 0.3 is 5.97 Å². The van der Waals surface area contributed by atoms with Gasteiger partial charge in [-0.2, -0.15) is 0 Å². The highest BCUT2D eigenvalue weighted by atomic mass is 16.5. The fraction of sp³-hybridized carbons (Fsp3) is 0.129. The molecule has 0 fully saturated rings. The third-order valence-electron chi connectivity index (χ3n) is 7.59. The number of fused-ring (bicyclic) bond motifs is 4. The molecular formula is C31H23N5O9. The highest BCUT2D eigenvalue weighted by molar-refractivity contribution is 6.21. The summed E-state index contributed by atoms with van der Waals surface area (Å²) in [5, 5.41) is 12.9. The third kappa shape index (κ3) is 4.22. The van der Waals surface area contributed by atoms with Crippen LogP contribution in [0.3, 0.4) is 0 Å². The number of ether oxygens (including phenoxy) is 3. The molecule has 0 bridgehead atoms. The third-order valence-corrected chi connectivity index (χ3v) is 7.59. The fourth-order valence-corrected chi connectivity index (χ4v) is 5.46. The Labute approximate surface area is 253 Å². The Morgan fingerprint density at radius 3 is 2.16 bits per heavy atom. The number of methoxy groups -OCH3 is 3. The van der Waals surface area contributed by atoms with Crippen LogP contribution >= 0.6 is 0 Å². The summed E-state index contributed by atoms with van der Waals surface area (Å²) in [6.07, 6.45) is 5.11. The molecule has 14 heteroatoms. The number of pyridine rings is 1. The molecule has 3 aliphatic carbocycles. The van der Waals surface area contributed by atoms with E-state index in [1.165, 1.54) is 52.5 Å². The number of aliphatic carboxylic acids is 1. The number of hydrogen-bond acceptors (Lipinski definition) is 12. The van der Waals surface area contributed by atoms with Crippen LogP contribution in [0.25, 0.3) is 28.0 Å². The molecule has 5 N–H and O–H groups in total. The molecule has 0 atom stereocenters. The number of carboxylic acids is 1. The molecular weight excluding hydrogens is 586 g/mol. The number of dihydropyridines is 1. The number of carbonyl (C=O) groups excluding carboxylic acids is 3. The molecule has 14 nitrogen and oxygen atoms in total. The first-order valence-corrected chi connectivity index (χ1v) is 13.2. The first-order chi connectivity index (χ1) is 21.5. The number of hydrogen-bond donors (Lipinski definition) is 4. The fourth-order valence-electron chi connectivity index (χ4n) is 5.46. The number of allylic oxidation sites excluding steroid dienone is 6. The maximum absolute atomic E-state index is 13.5. The number of H-pyrrole nitrogens is 1. The van der Waals surface area contributed by atoms with E-state index in [0.29, 0.717) is 0 Å². The number of benzene rings is 1. The average Bonchev–Trinajstić information content (AvgIpc) is 3.03. The smallest absolute Gasteiger partial charge is 0.352 e. The van der Waals surface area contributed by atoms with E-state index in [0.717, 1.165) is 12.2 Å². The molecule has 1 aromatic rings. The molecule has 45 heavy (non-hydrogen) atoms. The van der Waals surface area contributed by atoms with E-state index in [1.54, 1.807) is 0 Å². The second-order valence-electron chi connectivity index (χ2n) is 9.97. The maximum atomic E-state index is 13.5. The van der Waals surface area contributed by atoms with Crippen LogP contribution in [0.5, 0.6) is 5.75 Å². The molecule has 0 amide bonds. The lowest BCUT2D eigenvalue weighted by molar-refractivity contribution is -0.133. The van der Waals surface area contributed by atoms with Gasteiger partial charge in [-0.1, -0.05) is 0 Å². The normalized spacial score (nSPS) is 18.2. The van der Waals surface area contributed by atoms with Gasteiger partial charge in [0.1, 0.15) is 28.1 Å². The van der Waals surface area contributed by atoms with Gasteiger partial charge in [0, 0.05) is 11.1 Å². The molecule has 0 aromatic carbocycles. The van der Waals surface area contributed by atoms with Crippen LogP contribution in [-0.4, -0.2) is 64.7 Å². The van der Waals surface area contributed by atoms with Crippen LogP contribution in [0.1, 0.15) is 33.6 Å². The van der Waals surface area contributed by atoms with Crippen LogP contribution in [0.15, 0.2) is 80.9 Å². The molecule has 0 saturated heterocycles. The number of nitrogens with zero attached hydrogens (tertiary/aromatic N) is 2. The van der Waals surface area contributed by atoms with Gasteiger partial charge in [-0.15, -0.1) is 0 Å². The van der Waals surface area contributed by atoms with Crippen LogP contribution in [-0.2, 0) is 19.1 Å². The van der Waals surface area contributed by atoms with E-state index >= 15 is 0 Å². The van der Waals surface area contributed by atoms with Crippen molar-refractivity contribution in [3.63, 3.8) is 0 Å². The van der Waals surface area contributed by atoms with Gasteiger partial charge in [-0.05, 0) is 48.9 Å². The standard InChI is InChI=1S/C31H23N5O9/c1-11-18(12-6-10-17(43-2)29(44-3)27(12)39)19(32)22(34-20(11)31(41)42)14-7-5-13-21(33-14)25-26(30(45-4)28(13)40)36-24-16(38)9-8-15(37)23(24)35-25/h5-10,33-34H,32H2,1-4H3,(H,41,42). The summed E-state index contributed by atoms with van der Waals surface area (Å²) >= 11 is 0. The molecule has 2 aliphatic heterocycles. The van der Waals surface area contributed by atoms with E-state index in [1.807, 2.05) is 0 Å². The van der Waals surface area contributed by atoms with E-state index in [4.69, 9.17) is 19.9 Å². The molecule has 0 spiro atoms. The Bertz CT molecular complexity index is 2160. The molecule has 1 aromatic heterocycles. The first-order valence-electron chi connectivity index (χ1n) is 13.2. The van der Waals surface area contributed by atoms with E-state index < -0.39 is 28.7 Å². The predicted octanol–water partition coefficient (Wildman–Crippen LogP) is 1.90. The van der Waals surface area contributed by atoms with Crippen molar-refractivity contribution in [3.8, 4) is 17.0 Å². The molecule has 0 unspecified atom stereocenters. The van der Waals surface area contributed by atoms with E-state index in [9.17, 15) is 29.1 Å². The number of aromatic nitrogens is 3. The maximum Gasteiger partial charge on any atom is 0.352 e. The molecule has 5 aliphatic rings. The Balaban J connectivity index is 1.64. The van der Waals surface area contributed by atoms with Gasteiger partial charge in [0.2, 0.25) is 28.5 Å². The summed E-state index contributed by atoms with van der Waals surface area (Å²) in [6.45, 7) is 1.50. The quantitative estimate of drug-likeness (QED) is 0.241. The Morgan fingerprint density at radius 2 is 1.56 bits per heavy atom. The topological polar surface area (TPSA) is 213 Å². The minimum Gasteiger partial charge on any atom is -0.493 e. The lowest BCUT2D eigenvalue weighted by Crippen LogP contribution is -2.31. The second kappa shape index (κ2) is 10.4. The minimum absolute atomic E-state index is 0.00644. The van der Waals surface area contributed by atoms with Gasteiger partial charge < -0.3 is 35.4 Å². The van der Waals surface area contributed by atoms with Crippen LogP contribution < -0.4 is 21.2 Å². The zero-order valence-electron chi connectivity index (χ0n) is 24.1. The second-order valence-corrected chi connectivity index (χ2v) is 9.97. The van der Waals surface area contributed by atoms with Crippen molar-refractivity contribution in [2.24, 2.45) is 5.73 Å². The van der Waals surface area contributed by atoms with Crippen LogP contribution in [0.4, 0.5) is 0 Å². The number of Topliss-reactive ketones (excluding diaryl/α,β-unsaturated/α-hetero) is 1. The monoisotopic (exact) mass is 609 g/mol. The number of rotatable bonds is 5. The molecule has 0 radical (unpaired) electrons. The van der Waals surface area contributed by atoms with Gasteiger partial charge in [-0.25, -0.2) is 14.8 Å². The van der Waals surface area contributed by atoms with Crippen molar-refractivity contribution in [2.75, 3.05) is 21.3 Å². The number of carbonyl (C=O) groups is 4. The Morgan fingerprint density at radius 1 is 0.889 bits per heavy atom. The summed E-state index contributed by atoms with van der Waals surface area (Å²) in [6, 6.07) is 2.93. The largest absolute Gasteiger partial charge is 0.493 e. The first kappa shape index (κ1) is 28.8.